The predicted molar refractivity (Wildman–Crippen MR) is 176 cm³/mol. The van der Waals surface area contributed by atoms with Crippen LogP contribution in [0.2, 0.25) is 0 Å². The molecule has 0 heterocycles. The fourth-order valence-electron chi connectivity index (χ4n) is 4.74. The number of hydrogen-bond acceptors (Lipinski definition) is 6. The maximum atomic E-state index is 14.4. The van der Waals surface area contributed by atoms with E-state index in [9.17, 15) is 19.2 Å². The Labute approximate surface area is 268 Å². The summed E-state index contributed by atoms with van der Waals surface area (Å²) in [6, 6.07) is 13.4. The van der Waals surface area contributed by atoms with Gasteiger partial charge in [-0.2, -0.15) is 0 Å². The molecule has 0 radical (unpaired) electrons. The summed E-state index contributed by atoms with van der Waals surface area (Å²) in [5, 5.41) is 5.64. The first-order valence-electron chi connectivity index (χ1n) is 15.5. The van der Waals surface area contributed by atoms with Gasteiger partial charge in [0.25, 0.3) is 0 Å². The van der Waals surface area contributed by atoms with Gasteiger partial charge in [-0.15, -0.1) is 6.58 Å². The Morgan fingerprint density at radius 1 is 0.911 bits per heavy atom. The van der Waals surface area contributed by atoms with Gasteiger partial charge in [0, 0.05) is 13.0 Å². The Balaban J connectivity index is 2.60. The summed E-state index contributed by atoms with van der Waals surface area (Å²) in [7, 11) is 0. The van der Waals surface area contributed by atoms with Crippen LogP contribution in [0.5, 0.6) is 0 Å². The van der Waals surface area contributed by atoms with Gasteiger partial charge in [-0.1, -0.05) is 86.5 Å². The number of carbonyl (C=O) groups is 4. The quantitative estimate of drug-likeness (QED) is 0.208. The van der Waals surface area contributed by atoms with Crippen molar-refractivity contribution in [1.29, 1.82) is 0 Å². The molecular formula is C36H51N3O6. The van der Waals surface area contributed by atoms with Gasteiger partial charge in [0.2, 0.25) is 11.8 Å². The lowest BCUT2D eigenvalue weighted by atomic mass is 9.95. The van der Waals surface area contributed by atoms with Gasteiger partial charge in [-0.3, -0.25) is 9.59 Å². The molecular weight excluding hydrogens is 570 g/mol. The molecule has 0 aliphatic rings. The van der Waals surface area contributed by atoms with E-state index in [4.69, 9.17) is 9.47 Å². The van der Waals surface area contributed by atoms with E-state index < -0.39 is 53.2 Å². The van der Waals surface area contributed by atoms with Gasteiger partial charge in [0.05, 0.1) is 0 Å². The number of nitrogens with one attached hydrogen (secondary N) is 2. The highest BCUT2D eigenvalue weighted by atomic mass is 16.6. The molecule has 0 spiro atoms. The highest BCUT2D eigenvalue weighted by Gasteiger charge is 2.39. The summed E-state index contributed by atoms with van der Waals surface area (Å²) < 4.78 is 11.2. The molecule has 2 aromatic rings. The van der Waals surface area contributed by atoms with Crippen molar-refractivity contribution in [3.8, 4) is 0 Å². The average Bonchev–Trinajstić information content (AvgIpc) is 2.93. The van der Waals surface area contributed by atoms with E-state index in [1.54, 1.807) is 47.6 Å². The number of ether oxygens (including phenoxy) is 2. The van der Waals surface area contributed by atoms with Crippen LogP contribution in [0, 0.1) is 12.8 Å². The van der Waals surface area contributed by atoms with Crippen LogP contribution >= 0.6 is 0 Å². The number of benzene rings is 2. The van der Waals surface area contributed by atoms with Gasteiger partial charge >= 0.3 is 12.1 Å². The molecule has 3 amide bonds. The molecule has 9 nitrogen and oxygen atoms in total. The van der Waals surface area contributed by atoms with Crippen molar-refractivity contribution in [3.05, 3.63) is 83.9 Å². The van der Waals surface area contributed by atoms with E-state index in [-0.39, 0.29) is 18.9 Å². The molecule has 0 aliphatic heterocycles. The second kappa shape index (κ2) is 16.3. The smallest absolute Gasteiger partial charge is 0.408 e. The summed E-state index contributed by atoms with van der Waals surface area (Å²) in [6.07, 6.45) is 1.56. The van der Waals surface area contributed by atoms with Crippen LogP contribution in [0.4, 0.5) is 4.79 Å². The Kier molecular flexibility index (Phi) is 13.4. The Bertz CT molecular complexity index is 1310. The fourth-order valence-corrected chi connectivity index (χ4v) is 4.74. The van der Waals surface area contributed by atoms with Crippen molar-refractivity contribution in [2.24, 2.45) is 5.92 Å². The maximum absolute atomic E-state index is 14.4. The molecule has 4 atom stereocenters. The van der Waals surface area contributed by atoms with Crippen LogP contribution in [0.1, 0.15) is 84.5 Å². The highest BCUT2D eigenvalue weighted by Crippen LogP contribution is 2.26. The lowest BCUT2D eigenvalue weighted by Crippen LogP contribution is -2.56. The van der Waals surface area contributed by atoms with Crippen LogP contribution in [-0.4, -0.2) is 58.6 Å². The molecule has 9 heteroatoms. The zero-order valence-electron chi connectivity index (χ0n) is 28.3. The molecule has 0 saturated heterocycles. The molecule has 0 aromatic heterocycles. The van der Waals surface area contributed by atoms with Crippen molar-refractivity contribution in [1.82, 2.24) is 15.5 Å². The third-order valence-electron chi connectivity index (χ3n) is 6.97. The summed E-state index contributed by atoms with van der Waals surface area (Å²) in [5.41, 5.74) is 0.709. The minimum absolute atomic E-state index is 0.00356. The zero-order chi connectivity index (χ0) is 33.9. The standard InChI is InChI=1S/C36H51N3O6/c1-11-21-39(32(41)29(25(4)12-2)38-34(43)45-36(8,9)10)30(27-20-16-17-24(3)22-27)31(40)37-28(33(42)44-35(5,6)7)23-26-18-14-13-15-19-26/h11,13-20,22,25,28-30H,1,12,21,23H2,2-10H3,(H,37,40)(H,38,43). The third-order valence-corrected chi connectivity index (χ3v) is 6.97. The third kappa shape index (κ3) is 12.0. The van der Waals surface area contributed by atoms with Crippen LogP contribution in [0.3, 0.4) is 0 Å². The molecule has 0 fully saturated rings. The first-order valence-corrected chi connectivity index (χ1v) is 15.5. The Hall–Kier alpha value is -4.14. The van der Waals surface area contributed by atoms with Gasteiger partial charge in [-0.25, -0.2) is 9.59 Å². The van der Waals surface area contributed by atoms with Gasteiger partial charge in [0.1, 0.15) is 29.3 Å². The average molecular weight is 622 g/mol. The van der Waals surface area contributed by atoms with E-state index in [0.29, 0.717) is 12.0 Å². The molecule has 4 unspecified atom stereocenters. The van der Waals surface area contributed by atoms with Crippen LogP contribution in [-0.2, 0) is 30.3 Å². The van der Waals surface area contributed by atoms with Crippen molar-refractivity contribution in [2.75, 3.05) is 6.54 Å². The monoisotopic (exact) mass is 621 g/mol. The topological polar surface area (TPSA) is 114 Å². The first-order chi connectivity index (χ1) is 21.0. The Morgan fingerprint density at radius 3 is 2.07 bits per heavy atom. The molecule has 0 aliphatic carbocycles. The molecule has 246 valence electrons. The first kappa shape index (κ1) is 37.0. The van der Waals surface area contributed by atoms with E-state index in [0.717, 1.165) is 11.1 Å². The highest BCUT2D eigenvalue weighted by molar-refractivity contribution is 5.94. The second-order valence-electron chi connectivity index (χ2n) is 13.4. The predicted octanol–water partition coefficient (Wildman–Crippen LogP) is 6.06. The SMILES string of the molecule is C=CCN(C(=O)C(NC(=O)OC(C)(C)C)C(C)CC)C(C(=O)NC(Cc1ccccc1)C(=O)OC(C)(C)C)c1cccc(C)c1. The van der Waals surface area contributed by atoms with E-state index in [1.807, 2.05) is 69.3 Å². The minimum Gasteiger partial charge on any atom is -0.458 e. The number of nitrogens with zero attached hydrogens (tertiary/aromatic N) is 1. The van der Waals surface area contributed by atoms with E-state index in [2.05, 4.69) is 17.2 Å². The number of amides is 3. The fraction of sp³-hybridized carbons (Fsp3) is 0.500. The molecule has 45 heavy (non-hydrogen) atoms. The van der Waals surface area contributed by atoms with Gasteiger partial charge < -0.3 is 25.0 Å². The minimum atomic E-state index is -1.15. The molecule has 2 rings (SSSR count). The second-order valence-corrected chi connectivity index (χ2v) is 13.4. The number of aryl methyl sites for hydroxylation is 1. The van der Waals surface area contributed by atoms with Crippen molar-refractivity contribution >= 4 is 23.9 Å². The number of carbonyl (C=O) groups excluding carboxylic acids is 4. The summed E-state index contributed by atoms with van der Waals surface area (Å²) in [6.45, 7) is 20.0. The number of esters is 1. The van der Waals surface area contributed by atoms with Crippen LogP contribution in [0.15, 0.2) is 67.3 Å². The number of hydrogen-bond donors (Lipinski definition) is 2. The van der Waals surface area contributed by atoms with Crippen molar-refractivity contribution in [2.45, 2.75) is 104 Å². The lowest BCUT2D eigenvalue weighted by molar-refractivity contribution is -0.159. The molecule has 0 saturated carbocycles. The van der Waals surface area contributed by atoms with Crippen LogP contribution in [0.25, 0.3) is 0 Å². The summed E-state index contributed by atoms with van der Waals surface area (Å²) >= 11 is 0. The van der Waals surface area contributed by atoms with Crippen molar-refractivity contribution < 1.29 is 28.7 Å². The zero-order valence-corrected chi connectivity index (χ0v) is 28.3. The van der Waals surface area contributed by atoms with E-state index in [1.165, 1.54) is 11.0 Å². The molecule has 2 aromatic carbocycles. The number of rotatable bonds is 13. The van der Waals surface area contributed by atoms with Crippen molar-refractivity contribution in [3.63, 3.8) is 0 Å². The normalized spacial score (nSPS) is 14.2. The summed E-state index contributed by atoms with van der Waals surface area (Å²) in [5.74, 6) is -1.92. The van der Waals surface area contributed by atoms with Gasteiger partial charge in [-0.05, 0) is 65.5 Å². The molecule has 0 bridgehead atoms. The maximum Gasteiger partial charge on any atom is 0.408 e. The lowest BCUT2D eigenvalue weighted by Gasteiger charge is -2.36. The molecule has 2 N–H and O–H groups in total. The van der Waals surface area contributed by atoms with Crippen LogP contribution < -0.4 is 10.6 Å². The Morgan fingerprint density at radius 2 is 1.53 bits per heavy atom. The summed E-state index contributed by atoms with van der Waals surface area (Å²) in [4.78, 5) is 56.4. The number of alkyl carbamates (subject to hydrolysis) is 1. The van der Waals surface area contributed by atoms with Gasteiger partial charge in [0.15, 0.2) is 0 Å². The largest absolute Gasteiger partial charge is 0.458 e. The van der Waals surface area contributed by atoms with E-state index >= 15 is 0 Å².